The van der Waals surface area contributed by atoms with Crippen LogP contribution in [0.25, 0.3) is 10.8 Å². The number of rotatable bonds is 9. The third-order valence-corrected chi connectivity index (χ3v) is 5.99. The average Bonchev–Trinajstić information content (AvgIpc) is 2.79. The highest BCUT2D eigenvalue weighted by atomic mass is 35.5. The number of ether oxygens (including phenoxy) is 1. The molecule has 3 aromatic rings. The van der Waals surface area contributed by atoms with Crippen molar-refractivity contribution >= 4 is 45.8 Å². The maximum atomic E-state index is 13.4. The number of amides is 2. The predicted molar refractivity (Wildman–Crippen MR) is 134 cm³/mol. The molecule has 1 atom stereocenters. The summed E-state index contributed by atoms with van der Waals surface area (Å²) in [5.41, 5.74) is 0.777. The lowest BCUT2D eigenvalue weighted by Crippen LogP contribution is -2.51. The van der Waals surface area contributed by atoms with E-state index in [4.69, 9.17) is 27.9 Å². The van der Waals surface area contributed by atoms with Crippen LogP contribution in [0.4, 0.5) is 0 Å². The number of hydrogen-bond donors (Lipinski definition) is 1. The second-order valence-corrected chi connectivity index (χ2v) is 8.94. The zero-order valence-corrected chi connectivity index (χ0v) is 20.5. The molecule has 0 aliphatic heterocycles. The van der Waals surface area contributed by atoms with E-state index in [1.807, 2.05) is 63.2 Å². The highest BCUT2D eigenvalue weighted by molar-refractivity contribution is 6.42. The van der Waals surface area contributed by atoms with E-state index in [1.165, 1.54) is 0 Å². The summed E-state index contributed by atoms with van der Waals surface area (Å²) >= 11 is 12.2. The van der Waals surface area contributed by atoms with Gasteiger partial charge in [-0.15, -0.1) is 0 Å². The standard InChI is InChI=1S/C26H28Cl2N2O3/c1-4-23(26(32)29-17(2)3)30(15-18-12-13-21(27)22(28)14-18)25(31)16-33-24-11-7-9-19-8-5-6-10-20(19)24/h5-14,17,23H,4,15-16H2,1-3H3,(H,29,32)/t23-/m0/s1. The van der Waals surface area contributed by atoms with E-state index in [0.717, 1.165) is 16.3 Å². The van der Waals surface area contributed by atoms with Gasteiger partial charge in [-0.1, -0.05) is 72.6 Å². The summed E-state index contributed by atoms with van der Waals surface area (Å²) in [7, 11) is 0. The molecule has 0 saturated heterocycles. The number of carbonyl (C=O) groups is 2. The first-order valence-corrected chi connectivity index (χ1v) is 11.7. The van der Waals surface area contributed by atoms with E-state index in [0.29, 0.717) is 22.2 Å². The molecule has 0 saturated carbocycles. The molecule has 0 radical (unpaired) electrons. The first-order chi connectivity index (χ1) is 15.8. The van der Waals surface area contributed by atoms with E-state index in [9.17, 15) is 9.59 Å². The minimum Gasteiger partial charge on any atom is -0.483 e. The van der Waals surface area contributed by atoms with Gasteiger partial charge in [0.15, 0.2) is 6.61 Å². The molecule has 0 aliphatic carbocycles. The van der Waals surface area contributed by atoms with E-state index in [-0.39, 0.29) is 31.0 Å². The van der Waals surface area contributed by atoms with Gasteiger partial charge in [-0.2, -0.15) is 0 Å². The number of benzene rings is 3. The fourth-order valence-corrected chi connectivity index (χ4v) is 4.00. The summed E-state index contributed by atoms with van der Waals surface area (Å²) in [6.07, 6.45) is 0.458. The van der Waals surface area contributed by atoms with Gasteiger partial charge in [0.05, 0.1) is 10.0 Å². The molecule has 33 heavy (non-hydrogen) atoms. The van der Waals surface area contributed by atoms with E-state index in [2.05, 4.69) is 5.32 Å². The zero-order chi connectivity index (χ0) is 24.0. The van der Waals surface area contributed by atoms with Gasteiger partial charge in [-0.05, 0) is 49.4 Å². The van der Waals surface area contributed by atoms with E-state index in [1.54, 1.807) is 23.1 Å². The Labute approximate surface area is 204 Å². The monoisotopic (exact) mass is 486 g/mol. The Bertz CT molecular complexity index is 1130. The molecule has 2 amide bonds. The Morgan fingerprint density at radius 1 is 1.00 bits per heavy atom. The van der Waals surface area contributed by atoms with E-state index < -0.39 is 6.04 Å². The van der Waals surface area contributed by atoms with Gasteiger partial charge in [-0.3, -0.25) is 9.59 Å². The van der Waals surface area contributed by atoms with Crippen molar-refractivity contribution in [2.45, 2.75) is 45.8 Å². The van der Waals surface area contributed by atoms with Gasteiger partial charge in [0.25, 0.3) is 5.91 Å². The van der Waals surface area contributed by atoms with Crippen molar-refractivity contribution < 1.29 is 14.3 Å². The van der Waals surface area contributed by atoms with Gasteiger partial charge in [0.2, 0.25) is 5.91 Å². The third kappa shape index (κ3) is 6.40. The molecule has 0 aromatic heterocycles. The summed E-state index contributed by atoms with van der Waals surface area (Å²) < 4.78 is 5.93. The van der Waals surface area contributed by atoms with Gasteiger partial charge in [-0.25, -0.2) is 0 Å². The Balaban J connectivity index is 1.85. The minimum atomic E-state index is -0.648. The van der Waals surface area contributed by atoms with Crippen LogP contribution >= 0.6 is 23.2 Å². The molecule has 0 aliphatic rings. The average molecular weight is 487 g/mol. The molecule has 7 heteroatoms. The number of fused-ring (bicyclic) bond motifs is 1. The molecule has 0 fully saturated rings. The molecule has 3 rings (SSSR count). The fraction of sp³-hybridized carbons (Fsp3) is 0.308. The third-order valence-electron chi connectivity index (χ3n) is 5.25. The number of halogens is 2. The van der Waals surface area contributed by atoms with Crippen LogP contribution in [0.3, 0.4) is 0 Å². The molecule has 3 aromatic carbocycles. The van der Waals surface area contributed by atoms with Crippen LogP contribution in [0.15, 0.2) is 60.7 Å². The number of carbonyl (C=O) groups excluding carboxylic acids is 2. The molecule has 0 bridgehead atoms. The largest absolute Gasteiger partial charge is 0.483 e. The lowest BCUT2D eigenvalue weighted by molar-refractivity contribution is -0.143. The molecule has 0 unspecified atom stereocenters. The number of hydrogen-bond acceptors (Lipinski definition) is 3. The van der Waals surface area contributed by atoms with Crippen molar-refractivity contribution in [2.75, 3.05) is 6.61 Å². The highest BCUT2D eigenvalue weighted by Gasteiger charge is 2.29. The normalized spacial score (nSPS) is 11.9. The number of nitrogens with zero attached hydrogens (tertiary/aromatic N) is 1. The van der Waals surface area contributed by atoms with Gasteiger partial charge in [0.1, 0.15) is 11.8 Å². The van der Waals surface area contributed by atoms with Crippen LogP contribution in [0.5, 0.6) is 5.75 Å². The second-order valence-electron chi connectivity index (χ2n) is 8.12. The maximum Gasteiger partial charge on any atom is 0.261 e. The molecule has 1 N–H and O–H groups in total. The van der Waals surface area contributed by atoms with E-state index >= 15 is 0 Å². The molecular weight excluding hydrogens is 459 g/mol. The van der Waals surface area contributed by atoms with Crippen molar-refractivity contribution in [1.82, 2.24) is 10.2 Å². The Kier molecular flexibility index (Phi) is 8.59. The Morgan fingerprint density at radius 2 is 1.73 bits per heavy atom. The van der Waals surface area contributed by atoms with Crippen LogP contribution in [0, 0.1) is 0 Å². The predicted octanol–water partition coefficient (Wildman–Crippen LogP) is 5.86. The second kappa shape index (κ2) is 11.4. The van der Waals surface area contributed by atoms with Crippen LogP contribution in [-0.2, 0) is 16.1 Å². The first kappa shape index (κ1) is 24.9. The zero-order valence-electron chi connectivity index (χ0n) is 19.0. The fourth-order valence-electron chi connectivity index (χ4n) is 3.68. The minimum absolute atomic E-state index is 0.0413. The lowest BCUT2D eigenvalue weighted by Gasteiger charge is -2.31. The van der Waals surface area contributed by atoms with Crippen LogP contribution in [0.2, 0.25) is 10.0 Å². The molecule has 0 spiro atoms. The Morgan fingerprint density at radius 3 is 2.42 bits per heavy atom. The molecule has 5 nitrogen and oxygen atoms in total. The van der Waals surface area contributed by atoms with Crippen molar-refractivity contribution in [3.63, 3.8) is 0 Å². The number of nitrogens with one attached hydrogen (secondary N) is 1. The van der Waals surface area contributed by atoms with Crippen molar-refractivity contribution in [1.29, 1.82) is 0 Å². The van der Waals surface area contributed by atoms with Crippen molar-refractivity contribution in [2.24, 2.45) is 0 Å². The smallest absolute Gasteiger partial charge is 0.261 e. The Hall–Kier alpha value is -2.76. The maximum absolute atomic E-state index is 13.4. The van der Waals surface area contributed by atoms with Crippen LogP contribution in [-0.4, -0.2) is 35.4 Å². The van der Waals surface area contributed by atoms with Crippen molar-refractivity contribution in [3.05, 3.63) is 76.3 Å². The van der Waals surface area contributed by atoms with Crippen molar-refractivity contribution in [3.8, 4) is 5.75 Å². The summed E-state index contributed by atoms with van der Waals surface area (Å²) in [6, 6.07) is 18.0. The molecule has 0 heterocycles. The van der Waals surface area contributed by atoms with Gasteiger partial charge >= 0.3 is 0 Å². The summed E-state index contributed by atoms with van der Waals surface area (Å²) in [5, 5.41) is 5.69. The first-order valence-electron chi connectivity index (χ1n) is 10.9. The van der Waals surface area contributed by atoms with Crippen LogP contribution in [0.1, 0.15) is 32.8 Å². The molecule has 174 valence electrons. The van der Waals surface area contributed by atoms with Gasteiger partial charge in [0, 0.05) is 18.0 Å². The summed E-state index contributed by atoms with van der Waals surface area (Å²) in [6.45, 7) is 5.67. The summed E-state index contributed by atoms with van der Waals surface area (Å²) in [4.78, 5) is 27.8. The van der Waals surface area contributed by atoms with Gasteiger partial charge < -0.3 is 15.0 Å². The highest BCUT2D eigenvalue weighted by Crippen LogP contribution is 2.26. The summed E-state index contributed by atoms with van der Waals surface area (Å²) in [5.74, 6) is 0.126. The topological polar surface area (TPSA) is 58.6 Å². The lowest BCUT2D eigenvalue weighted by atomic mass is 10.1. The van der Waals surface area contributed by atoms with Crippen LogP contribution < -0.4 is 10.1 Å². The quantitative estimate of drug-likeness (QED) is 0.412. The SMILES string of the molecule is CC[C@@H](C(=O)NC(C)C)N(Cc1ccc(Cl)c(Cl)c1)C(=O)COc1cccc2ccccc12. The molecular formula is C26H28Cl2N2O3.